The first-order valence-electron chi connectivity index (χ1n) is 16.0. The molecule has 0 aliphatic carbocycles. The highest BCUT2D eigenvalue weighted by atomic mass is 16.5. The third-order valence-electron chi connectivity index (χ3n) is 8.44. The Hall–Kier alpha value is -2.38. The molecule has 2 aliphatic heterocycles. The highest BCUT2D eigenvalue weighted by Crippen LogP contribution is 2.42. The van der Waals surface area contributed by atoms with Crippen molar-refractivity contribution in [2.24, 2.45) is 0 Å². The van der Waals surface area contributed by atoms with Crippen molar-refractivity contribution in [2.45, 2.75) is 51.4 Å². The van der Waals surface area contributed by atoms with Gasteiger partial charge in [-0.1, -0.05) is 61.4 Å². The number of hydrogen-bond donors (Lipinski definition) is 2. The topological polar surface area (TPSA) is 49.0 Å². The van der Waals surface area contributed by atoms with E-state index in [4.69, 9.17) is 9.47 Å². The van der Waals surface area contributed by atoms with Crippen LogP contribution in [0.3, 0.4) is 0 Å². The fourth-order valence-corrected chi connectivity index (χ4v) is 6.28. The largest absolute Gasteiger partial charge is 0.491 e. The zero-order valence-electron chi connectivity index (χ0n) is 24.5. The Morgan fingerprint density at radius 1 is 0.500 bits per heavy atom. The van der Waals surface area contributed by atoms with Crippen molar-refractivity contribution in [3.8, 4) is 11.5 Å². The molecule has 2 N–H and O–H groups in total. The van der Waals surface area contributed by atoms with Gasteiger partial charge in [0.15, 0.2) is 0 Å². The van der Waals surface area contributed by atoms with Crippen LogP contribution in [-0.4, -0.2) is 88.5 Å². The average Bonchev–Trinajstić information content (AvgIpc) is 3.01. The summed E-state index contributed by atoms with van der Waals surface area (Å²) in [6, 6.07) is 17.0. The van der Waals surface area contributed by atoms with Gasteiger partial charge in [-0.05, 0) is 90.9 Å². The van der Waals surface area contributed by atoms with E-state index < -0.39 is 0 Å². The highest BCUT2D eigenvalue weighted by molar-refractivity contribution is 6.11. The summed E-state index contributed by atoms with van der Waals surface area (Å²) in [4.78, 5) is 5.21. The minimum atomic E-state index is 0.652. The lowest BCUT2D eigenvalue weighted by atomic mass is 10.0. The summed E-state index contributed by atoms with van der Waals surface area (Å²) in [6.07, 6.45) is 10.7. The Bertz CT molecular complexity index is 1010. The number of rotatable bonds is 16. The Balaban J connectivity index is 1.12. The van der Waals surface area contributed by atoms with E-state index in [2.05, 4.69) is 69.0 Å². The lowest BCUT2D eigenvalue weighted by Crippen LogP contribution is -2.32. The summed E-state index contributed by atoms with van der Waals surface area (Å²) in [7, 11) is 0. The van der Waals surface area contributed by atoms with E-state index in [0.717, 1.165) is 59.2 Å². The zero-order valence-corrected chi connectivity index (χ0v) is 24.5. The van der Waals surface area contributed by atoms with Gasteiger partial charge in [0.1, 0.15) is 24.7 Å². The van der Waals surface area contributed by atoms with Crippen molar-refractivity contribution in [1.82, 2.24) is 20.4 Å². The summed E-state index contributed by atoms with van der Waals surface area (Å²) < 4.78 is 12.9. The quantitative estimate of drug-likeness (QED) is 0.178. The molecule has 40 heavy (non-hydrogen) atoms. The minimum absolute atomic E-state index is 0.652. The van der Waals surface area contributed by atoms with Gasteiger partial charge in [-0.3, -0.25) is 0 Å². The molecular weight excluding hydrogens is 496 g/mol. The molecule has 0 radical (unpaired) electrons. The van der Waals surface area contributed by atoms with Gasteiger partial charge in [0.2, 0.25) is 0 Å². The molecule has 0 spiro atoms. The average molecular weight is 547 g/mol. The van der Waals surface area contributed by atoms with Crippen molar-refractivity contribution in [2.75, 3.05) is 78.7 Å². The molecule has 2 saturated heterocycles. The third-order valence-corrected chi connectivity index (χ3v) is 8.44. The normalized spacial score (nSPS) is 17.0. The van der Waals surface area contributed by atoms with Crippen LogP contribution in [0.2, 0.25) is 0 Å². The van der Waals surface area contributed by atoms with Crippen LogP contribution < -0.4 is 20.1 Å². The van der Waals surface area contributed by atoms with Crippen LogP contribution in [0.1, 0.15) is 51.4 Å². The number of likely N-dealkylation sites (tertiary alicyclic amines) is 2. The van der Waals surface area contributed by atoms with Crippen molar-refractivity contribution < 1.29 is 9.47 Å². The van der Waals surface area contributed by atoms with Crippen molar-refractivity contribution in [3.05, 3.63) is 48.5 Å². The predicted octanol–water partition coefficient (Wildman–Crippen LogP) is 5.68. The van der Waals surface area contributed by atoms with E-state index >= 15 is 0 Å². The number of piperidine rings is 2. The predicted molar refractivity (Wildman–Crippen MR) is 168 cm³/mol. The summed E-state index contributed by atoms with van der Waals surface area (Å²) in [5.74, 6) is 1.93. The molecule has 0 aromatic heterocycles. The molecule has 2 fully saturated rings. The maximum Gasteiger partial charge on any atom is 0.135 e. The maximum atomic E-state index is 6.46. The first-order chi connectivity index (χ1) is 19.9. The fourth-order valence-electron chi connectivity index (χ4n) is 6.28. The number of nitrogens with zero attached hydrogens (tertiary/aromatic N) is 2. The zero-order chi connectivity index (χ0) is 27.2. The number of hydrogen-bond acceptors (Lipinski definition) is 6. The number of nitrogens with one attached hydrogen (secondary N) is 2. The first-order valence-corrected chi connectivity index (χ1v) is 16.0. The van der Waals surface area contributed by atoms with Gasteiger partial charge < -0.3 is 29.9 Å². The molecule has 0 unspecified atom stereocenters. The first kappa shape index (κ1) is 29.1. The van der Waals surface area contributed by atoms with E-state index in [1.165, 1.54) is 90.6 Å². The molecule has 5 rings (SSSR count). The Morgan fingerprint density at radius 2 is 0.875 bits per heavy atom. The molecule has 3 aromatic carbocycles. The van der Waals surface area contributed by atoms with Crippen LogP contribution >= 0.6 is 0 Å². The second-order valence-electron chi connectivity index (χ2n) is 11.5. The van der Waals surface area contributed by atoms with Crippen LogP contribution in [0.5, 0.6) is 11.5 Å². The van der Waals surface area contributed by atoms with Gasteiger partial charge in [0.25, 0.3) is 0 Å². The summed E-state index contributed by atoms with van der Waals surface area (Å²) in [5, 5.41) is 11.7. The molecule has 6 nitrogen and oxygen atoms in total. The van der Waals surface area contributed by atoms with Gasteiger partial charge in [-0.2, -0.15) is 0 Å². The van der Waals surface area contributed by atoms with E-state index in [-0.39, 0.29) is 0 Å². The molecular formula is C34H50N4O2. The van der Waals surface area contributed by atoms with E-state index in [1.54, 1.807) is 0 Å². The van der Waals surface area contributed by atoms with Gasteiger partial charge in [0.05, 0.1) is 0 Å². The van der Waals surface area contributed by atoms with Crippen LogP contribution in [0.15, 0.2) is 48.5 Å². The summed E-state index contributed by atoms with van der Waals surface area (Å²) >= 11 is 0. The Labute approximate surface area is 241 Å². The second-order valence-corrected chi connectivity index (χ2v) is 11.5. The number of ether oxygens (including phenoxy) is 2. The van der Waals surface area contributed by atoms with Crippen LogP contribution in [0.25, 0.3) is 21.5 Å². The second kappa shape index (κ2) is 16.2. The lowest BCUT2D eigenvalue weighted by molar-refractivity contribution is 0.225. The fraction of sp³-hybridized carbons (Fsp3) is 0.588. The van der Waals surface area contributed by atoms with Crippen molar-refractivity contribution >= 4 is 21.5 Å². The monoisotopic (exact) mass is 546 g/mol. The maximum absolute atomic E-state index is 6.46. The summed E-state index contributed by atoms with van der Waals surface area (Å²) in [6.45, 7) is 12.6. The van der Waals surface area contributed by atoms with E-state index in [1.807, 2.05) is 0 Å². The molecule has 0 bridgehead atoms. The summed E-state index contributed by atoms with van der Waals surface area (Å²) in [5.41, 5.74) is 0. The van der Waals surface area contributed by atoms with E-state index in [0.29, 0.717) is 13.2 Å². The SMILES string of the molecule is c1ccc2c(OCCNCCCN3CCCCC3)c3ccccc3c(OCCNCCCN3CCCCC3)c2c1. The molecule has 0 saturated carbocycles. The molecule has 0 atom stereocenters. The minimum Gasteiger partial charge on any atom is -0.491 e. The third kappa shape index (κ3) is 8.32. The van der Waals surface area contributed by atoms with Crippen LogP contribution in [0, 0.1) is 0 Å². The molecule has 2 aliphatic rings. The Kier molecular flexibility index (Phi) is 11.8. The number of fused-ring (bicyclic) bond motifs is 2. The molecule has 3 aromatic rings. The molecule has 2 heterocycles. The molecule has 6 heteroatoms. The van der Waals surface area contributed by atoms with Crippen molar-refractivity contribution in [1.29, 1.82) is 0 Å². The standard InChI is InChI=1S/C34H50N4O2/c1-7-21-37(22-8-1)25-11-17-35-19-27-39-33-29-13-3-5-15-31(29)34(32-16-6-4-14-30(32)33)40-28-20-36-18-12-26-38-23-9-2-10-24-38/h3-6,13-16,35-36H,1-2,7-12,17-28H2. The van der Waals surface area contributed by atoms with Gasteiger partial charge in [-0.15, -0.1) is 0 Å². The van der Waals surface area contributed by atoms with E-state index in [9.17, 15) is 0 Å². The smallest absolute Gasteiger partial charge is 0.135 e. The highest BCUT2D eigenvalue weighted by Gasteiger charge is 2.16. The van der Waals surface area contributed by atoms with Gasteiger partial charge in [-0.25, -0.2) is 0 Å². The lowest BCUT2D eigenvalue weighted by Gasteiger charge is -2.26. The van der Waals surface area contributed by atoms with Gasteiger partial charge in [0, 0.05) is 34.6 Å². The van der Waals surface area contributed by atoms with Gasteiger partial charge >= 0.3 is 0 Å². The Morgan fingerprint density at radius 3 is 1.25 bits per heavy atom. The van der Waals surface area contributed by atoms with Crippen LogP contribution in [-0.2, 0) is 0 Å². The number of benzene rings is 3. The van der Waals surface area contributed by atoms with Crippen LogP contribution in [0.4, 0.5) is 0 Å². The van der Waals surface area contributed by atoms with Crippen molar-refractivity contribution in [3.63, 3.8) is 0 Å². The molecule has 218 valence electrons. The molecule has 0 amide bonds.